The van der Waals surface area contributed by atoms with Crippen LogP contribution in [0, 0.1) is 0 Å². The number of aliphatic carboxylic acids is 1. The van der Waals surface area contributed by atoms with E-state index < -0.39 is 5.97 Å². The van der Waals surface area contributed by atoms with Gasteiger partial charge in [-0.1, -0.05) is 18.2 Å². The molecule has 0 atom stereocenters. The molecule has 0 aliphatic rings. The Morgan fingerprint density at radius 2 is 2.05 bits per heavy atom. The number of carboxylic acids is 1. The van der Waals surface area contributed by atoms with Crippen molar-refractivity contribution in [3.05, 3.63) is 35.6 Å². The third-order valence-corrected chi connectivity index (χ3v) is 3.45. The topological polar surface area (TPSA) is 80.0 Å². The van der Waals surface area contributed by atoms with Gasteiger partial charge in [0.2, 0.25) is 0 Å². The highest BCUT2D eigenvalue weighted by atomic mass is 16.5. The molecule has 6 heteroatoms. The van der Waals surface area contributed by atoms with Crippen molar-refractivity contribution in [3.8, 4) is 0 Å². The molecule has 0 bridgehead atoms. The van der Waals surface area contributed by atoms with Crippen LogP contribution < -0.4 is 0 Å². The van der Waals surface area contributed by atoms with Crippen LogP contribution in [-0.4, -0.2) is 42.1 Å². The Morgan fingerprint density at radius 1 is 1.32 bits per heavy atom. The van der Waals surface area contributed by atoms with E-state index in [0.29, 0.717) is 17.7 Å². The molecule has 0 unspecified atom stereocenters. The third-order valence-electron chi connectivity index (χ3n) is 3.45. The molecule has 1 heterocycles. The fraction of sp³-hybridized carbons (Fsp3) is 0.375. The van der Waals surface area contributed by atoms with Crippen LogP contribution in [0.25, 0.3) is 11.0 Å². The van der Waals surface area contributed by atoms with E-state index in [-0.39, 0.29) is 31.2 Å². The first-order chi connectivity index (χ1) is 10.6. The molecule has 2 rings (SSSR count). The summed E-state index contributed by atoms with van der Waals surface area (Å²) in [5.74, 6) is -1.03. The van der Waals surface area contributed by atoms with E-state index in [1.165, 1.54) is 4.90 Å². The standard InChI is InChI=1S/C16H19NO5/c1-3-17(9-8-14(18)19)16(20)15-12(10-21-2)11-6-4-5-7-13(11)22-15/h4-7H,3,8-10H2,1-2H3,(H,18,19). The minimum atomic E-state index is -0.937. The highest BCUT2D eigenvalue weighted by Gasteiger charge is 2.24. The van der Waals surface area contributed by atoms with Gasteiger partial charge < -0.3 is 19.2 Å². The number of fused-ring (bicyclic) bond motifs is 1. The van der Waals surface area contributed by atoms with Gasteiger partial charge in [0.05, 0.1) is 13.0 Å². The molecule has 0 aliphatic heterocycles. The summed E-state index contributed by atoms with van der Waals surface area (Å²) in [6.07, 6.45) is -0.0978. The quantitative estimate of drug-likeness (QED) is 0.850. The maximum Gasteiger partial charge on any atom is 0.305 e. The molecule has 1 amide bonds. The van der Waals surface area contributed by atoms with E-state index >= 15 is 0 Å². The summed E-state index contributed by atoms with van der Waals surface area (Å²) in [5, 5.41) is 9.62. The van der Waals surface area contributed by atoms with E-state index in [9.17, 15) is 9.59 Å². The Kier molecular flexibility index (Phi) is 5.16. The molecule has 0 saturated carbocycles. The first kappa shape index (κ1) is 16.0. The van der Waals surface area contributed by atoms with E-state index in [0.717, 1.165) is 5.39 Å². The first-order valence-corrected chi connectivity index (χ1v) is 7.08. The van der Waals surface area contributed by atoms with Crippen molar-refractivity contribution < 1.29 is 23.8 Å². The predicted octanol–water partition coefficient (Wildman–Crippen LogP) is 2.52. The van der Waals surface area contributed by atoms with Crippen LogP contribution in [0.5, 0.6) is 0 Å². The molecule has 1 aromatic carbocycles. The van der Waals surface area contributed by atoms with Crippen molar-refractivity contribution in [1.82, 2.24) is 4.90 Å². The maximum absolute atomic E-state index is 12.6. The van der Waals surface area contributed by atoms with E-state index in [1.807, 2.05) is 18.2 Å². The number of hydrogen-bond acceptors (Lipinski definition) is 4. The SMILES string of the molecule is CCN(CCC(=O)O)C(=O)c1oc2ccccc2c1COC. The van der Waals surface area contributed by atoms with Crippen LogP contribution in [0.3, 0.4) is 0 Å². The van der Waals surface area contributed by atoms with Crippen LogP contribution in [-0.2, 0) is 16.1 Å². The molecule has 0 radical (unpaired) electrons. The Hall–Kier alpha value is -2.34. The second-order valence-electron chi connectivity index (χ2n) is 4.87. The van der Waals surface area contributed by atoms with Gasteiger partial charge in [0.15, 0.2) is 5.76 Å². The lowest BCUT2D eigenvalue weighted by Crippen LogP contribution is -2.33. The molecule has 118 valence electrons. The van der Waals surface area contributed by atoms with Crippen LogP contribution >= 0.6 is 0 Å². The third kappa shape index (κ3) is 3.28. The summed E-state index contributed by atoms with van der Waals surface area (Å²) in [6.45, 7) is 2.62. The van der Waals surface area contributed by atoms with E-state index in [2.05, 4.69) is 0 Å². The van der Waals surface area contributed by atoms with Crippen LogP contribution in [0.15, 0.2) is 28.7 Å². The summed E-state index contributed by atoms with van der Waals surface area (Å²) < 4.78 is 10.9. The van der Waals surface area contributed by atoms with Gasteiger partial charge in [-0.2, -0.15) is 0 Å². The molecule has 0 fully saturated rings. The number of benzene rings is 1. The van der Waals surface area contributed by atoms with Crippen LogP contribution in [0.4, 0.5) is 0 Å². The summed E-state index contributed by atoms with van der Waals surface area (Å²) in [4.78, 5) is 24.8. The second-order valence-corrected chi connectivity index (χ2v) is 4.87. The van der Waals surface area contributed by atoms with Crippen molar-refractivity contribution in [2.24, 2.45) is 0 Å². The lowest BCUT2D eigenvalue weighted by atomic mass is 10.1. The van der Waals surface area contributed by atoms with Gasteiger partial charge in [0, 0.05) is 31.1 Å². The van der Waals surface area contributed by atoms with Crippen molar-refractivity contribution in [2.45, 2.75) is 20.0 Å². The highest BCUT2D eigenvalue weighted by Crippen LogP contribution is 2.27. The maximum atomic E-state index is 12.6. The van der Waals surface area contributed by atoms with Gasteiger partial charge in [-0.15, -0.1) is 0 Å². The largest absolute Gasteiger partial charge is 0.481 e. The molecule has 1 N–H and O–H groups in total. The highest BCUT2D eigenvalue weighted by molar-refractivity contribution is 5.99. The molecule has 2 aromatic rings. The van der Waals surface area contributed by atoms with Gasteiger partial charge in [0.1, 0.15) is 5.58 Å². The Bertz CT molecular complexity index is 676. The number of carbonyl (C=O) groups is 2. The summed E-state index contributed by atoms with van der Waals surface area (Å²) in [6, 6.07) is 7.36. The zero-order valence-corrected chi connectivity index (χ0v) is 12.7. The number of hydrogen-bond donors (Lipinski definition) is 1. The molecular weight excluding hydrogens is 286 g/mol. The minimum Gasteiger partial charge on any atom is -0.481 e. The number of furan rings is 1. The fourth-order valence-electron chi connectivity index (χ4n) is 2.34. The van der Waals surface area contributed by atoms with Crippen LogP contribution in [0.2, 0.25) is 0 Å². The average molecular weight is 305 g/mol. The molecule has 0 aliphatic carbocycles. The van der Waals surface area contributed by atoms with Gasteiger partial charge in [-0.05, 0) is 13.0 Å². The van der Waals surface area contributed by atoms with Crippen molar-refractivity contribution in [1.29, 1.82) is 0 Å². The number of ether oxygens (including phenoxy) is 1. The molecule has 6 nitrogen and oxygen atoms in total. The summed E-state index contributed by atoms with van der Waals surface area (Å²) in [7, 11) is 1.55. The zero-order chi connectivity index (χ0) is 16.1. The number of carbonyl (C=O) groups excluding carboxylic acids is 1. The Balaban J connectivity index is 2.36. The predicted molar refractivity (Wildman–Crippen MR) is 80.8 cm³/mol. The monoisotopic (exact) mass is 305 g/mol. The van der Waals surface area contributed by atoms with Crippen molar-refractivity contribution in [3.63, 3.8) is 0 Å². The van der Waals surface area contributed by atoms with Crippen LogP contribution in [0.1, 0.15) is 29.5 Å². The van der Waals surface area contributed by atoms with Gasteiger partial charge in [0.25, 0.3) is 5.91 Å². The van der Waals surface area contributed by atoms with E-state index in [1.54, 1.807) is 20.1 Å². The molecule has 1 aromatic heterocycles. The number of nitrogens with zero attached hydrogens (tertiary/aromatic N) is 1. The first-order valence-electron chi connectivity index (χ1n) is 7.08. The van der Waals surface area contributed by atoms with E-state index in [4.69, 9.17) is 14.3 Å². The number of amides is 1. The Labute approximate surface area is 128 Å². The minimum absolute atomic E-state index is 0.0978. The molecule has 0 spiro atoms. The summed E-state index contributed by atoms with van der Waals surface area (Å²) >= 11 is 0. The number of carboxylic acid groups (broad SMARTS) is 1. The molecular formula is C16H19NO5. The normalized spacial score (nSPS) is 10.8. The molecule has 0 saturated heterocycles. The number of methoxy groups -OCH3 is 1. The lowest BCUT2D eigenvalue weighted by Gasteiger charge is -2.19. The number of rotatable bonds is 7. The Morgan fingerprint density at radius 3 is 2.68 bits per heavy atom. The number of para-hydroxylation sites is 1. The molecule has 22 heavy (non-hydrogen) atoms. The second kappa shape index (κ2) is 7.09. The van der Waals surface area contributed by atoms with Gasteiger partial charge >= 0.3 is 5.97 Å². The lowest BCUT2D eigenvalue weighted by molar-refractivity contribution is -0.137. The van der Waals surface area contributed by atoms with Gasteiger partial charge in [-0.3, -0.25) is 9.59 Å². The fourth-order valence-corrected chi connectivity index (χ4v) is 2.34. The zero-order valence-electron chi connectivity index (χ0n) is 12.7. The average Bonchev–Trinajstić information content (AvgIpc) is 2.87. The van der Waals surface area contributed by atoms with Crippen molar-refractivity contribution >= 4 is 22.8 Å². The summed E-state index contributed by atoms with van der Waals surface area (Å²) in [5.41, 5.74) is 1.31. The van der Waals surface area contributed by atoms with Crippen molar-refractivity contribution in [2.75, 3.05) is 20.2 Å². The smallest absolute Gasteiger partial charge is 0.305 e. The van der Waals surface area contributed by atoms with Gasteiger partial charge in [-0.25, -0.2) is 0 Å².